The molecule has 0 aliphatic rings. The summed E-state index contributed by atoms with van der Waals surface area (Å²) in [5, 5.41) is 5.67. The average molecular weight is 327 g/mol. The Balaban J connectivity index is 2.23. The van der Waals surface area contributed by atoms with Crippen molar-refractivity contribution >= 4 is 35.0 Å². The summed E-state index contributed by atoms with van der Waals surface area (Å²) in [5.41, 5.74) is 1.17. The third kappa shape index (κ3) is 4.38. The summed E-state index contributed by atoms with van der Waals surface area (Å²) >= 11 is 13.7. The maximum Gasteiger partial charge on any atom is 0.101 e. The molecule has 0 saturated heterocycles. The first-order chi connectivity index (χ1) is 9.56. The van der Waals surface area contributed by atoms with Gasteiger partial charge in [0.2, 0.25) is 0 Å². The third-order valence-electron chi connectivity index (χ3n) is 2.66. The Kier molecular flexibility index (Phi) is 5.73. The van der Waals surface area contributed by atoms with Gasteiger partial charge in [0.1, 0.15) is 5.03 Å². The van der Waals surface area contributed by atoms with Gasteiger partial charge in [0.25, 0.3) is 0 Å². The van der Waals surface area contributed by atoms with Crippen LogP contribution in [0.1, 0.15) is 19.4 Å². The lowest BCUT2D eigenvalue weighted by molar-refractivity contribution is 0.585. The van der Waals surface area contributed by atoms with E-state index in [1.807, 2.05) is 24.3 Å². The van der Waals surface area contributed by atoms with Gasteiger partial charge in [-0.25, -0.2) is 4.98 Å². The molecule has 5 heteroatoms. The Labute approximate surface area is 133 Å². The van der Waals surface area contributed by atoms with Crippen molar-refractivity contribution < 1.29 is 0 Å². The fourth-order valence-electron chi connectivity index (χ4n) is 1.65. The number of aromatic nitrogens is 1. The van der Waals surface area contributed by atoms with Gasteiger partial charge in [-0.2, -0.15) is 0 Å². The van der Waals surface area contributed by atoms with Gasteiger partial charge in [0.05, 0.1) is 10.0 Å². The molecule has 0 amide bonds. The van der Waals surface area contributed by atoms with Gasteiger partial charge in [-0.3, -0.25) is 0 Å². The van der Waals surface area contributed by atoms with E-state index >= 15 is 0 Å². The van der Waals surface area contributed by atoms with Gasteiger partial charge in [0.15, 0.2) is 0 Å². The summed E-state index contributed by atoms with van der Waals surface area (Å²) in [6.45, 7) is 5.03. The number of nitrogens with zero attached hydrogens (tertiary/aromatic N) is 1. The quantitative estimate of drug-likeness (QED) is 0.833. The largest absolute Gasteiger partial charge is 0.310 e. The van der Waals surface area contributed by atoms with Crippen LogP contribution >= 0.6 is 35.0 Å². The Morgan fingerprint density at radius 3 is 2.65 bits per heavy atom. The highest BCUT2D eigenvalue weighted by Crippen LogP contribution is 2.35. The van der Waals surface area contributed by atoms with E-state index in [9.17, 15) is 0 Å². The van der Waals surface area contributed by atoms with E-state index in [1.54, 1.807) is 18.0 Å². The summed E-state index contributed by atoms with van der Waals surface area (Å²) in [6, 6.07) is 10.1. The normalized spacial score (nSPS) is 11.1. The Morgan fingerprint density at radius 1 is 1.20 bits per heavy atom. The van der Waals surface area contributed by atoms with Crippen LogP contribution in [0.25, 0.3) is 0 Å². The molecule has 0 saturated carbocycles. The number of rotatable bonds is 5. The second-order valence-corrected chi connectivity index (χ2v) is 6.55. The lowest BCUT2D eigenvalue weighted by Gasteiger charge is -2.13. The van der Waals surface area contributed by atoms with Gasteiger partial charge >= 0.3 is 0 Å². The molecule has 0 unspecified atom stereocenters. The molecule has 106 valence electrons. The van der Waals surface area contributed by atoms with Crippen LogP contribution in [-0.4, -0.2) is 11.0 Å². The van der Waals surface area contributed by atoms with Crippen molar-refractivity contribution in [1.29, 1.82) is 0 Å². The topological polar surface area (TPSA) is 24.9 Å². The number of hydrogen-bond donors (Lipinski definition) is 1. The van der Waals surface area contributed by atoms with Crippen LogP contribution < -0.4 is 5.32 Å². The minimum absolute atomic E-state index is 0.431. The van der Waals surface area contributed by atoms with Crippen molar-refractivity contribution in [2.24, 2.45) is 0 Å². The SMILES string of the molecule is CC(C)NCc1cccc(Cl)c1Sc1ccc(Cl)cn1. The van der Waals surface area contributed by atoms with E-state index in [-0.39, 0.29) is 0 Å². The number of nitrogens with one attached hydrogen (secondary N) is 1. The Hall–Kier alpha value is -0.740. The van der Waals surface area contributed by atoms with Crippen LogP contribution in [0.15, 0.2) is 46.5 Å². The molecular formula is C15H16Cl2N2S. The molecule has 0 radical (unpaired) electrons. The second kappa shape index (κ2) is 7.32. The molecule has 1 heterocycles. The Morgan fingerprint density at radius 2 is 2.00 bits per heavy atom. The average Bonchev–Trinajstić information content (AvgIpc) is 2.41. The highest BCUT2D eigenvalue weighted by Gasteiger charge is 2.10. The number of pyridine rings is 1. The van der Waals surface area contributed by atoms with Crippen LogP contribution in [-0.2, 0) is 6.54 Å². The van der Waals surface area contributed by atoms with Crippen molar-refractivity contribution in [2.45, 2.75) is 36.4 Å². The highest BCUT2D eigenvalue weighted by atomic mass is 35.5. The van der Waals surface area contributed by atoms with Crippen molar-refractivity contribution in [3.05, 3.63) is 52.1 Å². The summed E-state index contributed by atoms with van der Waals surface area (Å²) in [7, 11) is 0. The predicted octanol–water partition coefficient (Wildman–Crippen LogP) is 5.04. The van der Waals surface area contributed by atoms with E-state index < -0.39 is 0 Å². The summed E-state index contributed by atoms with van der Waals surface area (Å²) in [5.74, 6) is 0. The zero-order valence-corrected chi connectivity index (χ0v) is 13.7. The summed E-state index contributed by atoms with van der Waals surface area (Å²) in [6.07, 6.45) is 1.65. The van der Waals surface area contributed by atoms with Crippen molar-refractivity contribution in [1.82, 2.24) is 10.3 Å². The lowest BCUT2D eigenvalue weighted by atomic mass is 10.2. The predicted molar refractivity (Wildman–Crippen MR) is 86.8 cm³/mol. The molecule has 2 aromatic rings. The monoisotopic (exact) mass is 326 g/mol. The van der Waals surface area contributed by atoms with Crippen molar-refractivity contribution in [3.63, 3.8) is 0 Å². The molecular weight excluding hydrogens is 311 g/mol. The fourth-order valence-corrected chi connectivity index (χ4v) is 2.96. The molecule has 1 aromatic heterocycles. The smallest absolute Gasteiger partial charge is 0.101 e. The fraction of sp³-hybridized carbons (Fsp3) is 0.267. The van der Waals surface area contributed by atoms with Crippen LogP contribution in [0.5, 0.6) is 0 Å². The highest BCUT2D eigenvalue weighted by molar-refractivity contribution is 7.99. The third-order valence-corrected chi connectivity index (χ3v) is 4.44. The van der Waals surface area contributed by atoms with E-state index in [1.165, 1.54) is 5.56 Å². The molecule has 2 rings (SSSR count). The summed E-state index contributed by atoms with van der Waals surface area (Å²) < 4.78 is 0. The standard InChI is InChI=1S/C15H16Cl2N2S/c1-10(2)18-8-11-4-3-5-13(17)15(11)20-14-7-6-12(16)9-19-14/h3-7,9-10,18H,8H2,1-2H3. The zero-order valence-electron chi connectivity index (χ0n) is 11.4. The molecule has 0 aliphatic carbocycles. The number of hydrogen-bond acceptors (Lipinski definition) is 3. The van der Waals surface area contributed by atoms with Crippen LogP contribution in [0, 0.1) is 0 Å². The maximum atomic E-state index is 6.32. The first-order valence-corrected chi connectivity index (χ1v) is 7.93. The lowest BCUT2D eigenvalue weighted by Crippen LogP contribution is -2.22. The van der Waals surface area contributed by atoms with Crippen LogP contribution in [0.2, 0.25) is 10.0 Å². The van der Waals surface area contributed by atoms with Gasteiger partial charge < -0.3 is 5.32 Å². The second-order valence-electron chi connectivity index (χ2n) is 4.68. The number of benzene rings is 1. The van der Waals surface area contributed by atoms with Gasteiger partial charge in [-0.1, -0.05) is 60.9 Å². The van der Waals surface area contributed by atoms with E-state index in [2.05, 4.69) is 30.2 Å². The molecule has 0 bridgehead atoms. The van der Waals surface area contributed by atoms with Gasteiger partial charge in [-0.15, -0.1) is 0 Å². The first kappa shape index (κ1) is 15.6. The van der Waals surface area contributed by atoms with Crippen molar-refractivity contribution in [2.75, 3.05) is 0 Å². The molecule has 0 spiro atoms. The van der Waals surface area contributed by atoms with E-state index in [0.717, 1.165) is 21.5 Å². The first-order valence-electron chi connectivity index (χ1n) is 6.36. The molecule has 20 heavy (non-hydrogen) atoms. The minimum Gasteiger partial charge on any atom is -0.310 e. The number of halogens is 2. The Bertz CT molecular complexity index is 571. The molecule has 0 atom stereocenters. The van der Waals surface area contributed by atoms with E-state index in [0.29, 0.717) is 11.1 Å². The summed E-state index contributed by atoms with van der Waals surface area (Å²) in [4.78, 5) is 5.34. The maximum absolute atomic E-state index is 6.32. The van der Waals surface area contributed by atoms with E-state index in [4.69, 9.17) is 23.2 Å². The molecule has 1 aromatic carbocycles. The molecule has 1 N–H and O–H groups in total. The van der Waals surface area contributed by atoms with Crippen LogP contribution in [0.3, 0.4) is 0 Å². The van der Waals surface area contributed by atoms with Gasteiger partial charge in [-0.05, 0) is 23.8 Å². The molecule has 0 fully saturated rings. The zero-order chi connectivity index (χ0) is 14.5. The minimum atomic E-state index is 0.431. The molecule has 0 aliphatic heterocycles. The molecule has 2 nitrogen and oxygen atoms in total. The van der Waals surface area contributed by atoms with Crippen LogP contribution in [0.4, 0.5) is 0 Å². The van der Waals surface area contributed by atoms with Gasteiger partial charge in [0, 0.05) is 23.7 Å². The van der Waals surface area contributed by atoms with Crippen molar-refractivity contribution in [3.8, 4) is 0 Å².